The second kappa shape index (κ2) is 7.94. The highest BCUT2D eigenvalue weighted by atomic mass is 28.3. The van der Waals surface area contributed by atoms with Gasteiger partial charge in [-0.15, -0.1) is 0 Å². The molecule has 0 radical (unpaired) electrons. The first kappa shape index (κ1) is 17.6. The molecule has 0 aliphatic heterocycles. The smallest absolute Gasteiger partial charge is 0.333 e. The molecule has 0 rings (SSSR count). The van der Waals surface area contributed by atoms with Crippen LogP contribution in [0.2, 0.25) is 19.6 Å². The third-order valence-electron chi connectivity index (χ3n) is 2.51. The lowest BCUT2D eigenvalue weighted by atomic mass is 10.2. The maximum absolute atomic E-state index is 11.6. The summed E-state index contributed by atoms with van der Waals surface area (Å²) in [4.78, 5) is 23.1. The highest BCUT2D eigenvalue weighted by Gasteiger charge is 2.23. The van der Waals surface area contributed by atoms with Crippen LogP contribution in [-0.2, 0) is 19.1 Å². The molecule has 0 saturated carbocycles. The van der Waals surface area contributed by atoms with Crippen molar-refractivity contribution in [3.63, 3.8) is 0 Å². The zero-order valence-corrected chi connectivity index (χ0v) is 13.5. The van der Waals surface area contributed by atoms with E-state index in [0.717, 1.165) is 5.20 Å². The molecule has 0 aliphatic rings. The summed E-state index contributed by atoms with van der Waals surface area (Å²) in [5.41, 5.74) is 0.375. The molecule has 0 aliphatic carbocycles. The van der Waals surface area contributed by atoms with Crippen molar-refractivity contribution >= 4 is 20.0 Å². The summed E-state index contributed by atoms with van der Waals surface area (Å²) in [6, 6.07) is 0. The normalized spacial score (nSPS) is 11.9. The Morgan fingerprint density at radius 3 is 2.05 bits per heavy atom. The first-order valence-corrected chi connectivity index (χ1v) is 9.95. The topological polar surface area (TPSA) is 52.6 Å². The first-order chi connectivity index (χ1) is 8.72. The third kappa shape index (κ3) is 6.96. The molecule has 0 bridgehead atoms. The molecule has 0 aromatic heterocycles. The average Bonchev–Trinajstić information content (AvgIpc) is 2.27. The molecule has 0 heterocycles. The van der Waals surface area contributed by atoms with Crippen LogP contribution in [0.5, 0.6) is 0 Å². The fourth-order valence-corrected chi connectivity index (χ4v) is 2.69. The quantitative estimate of drug-likeness (QED) is 0.410. The Morgan fingerprint density at radius 1 is 1.11 bits per heavy atom. The number of esters is 2. The van der Waals surface area contributed by atoms with Gasteiger partial charge in [0.2, 0.25) is 0 Å². The number of carbonyl (C=O) groups is 2. The van der Waals surface area contributed by atoms with Crippen LogP contribution in [0.15, 0.2) is 23.4 Å². The van der Waals surface area contributed by atoms with E-state index in [2.05, 4.69) is 26.2 Å². The molecule has 0 atom stereocenters. The van der Waals surface area contributed by atoms with E-state index in [1.807, 2.05) is 0 Å². The minimum Gasteiger partial charge on any atom is -0.463 e. The van der Waals surface area contributed by atoms with Crippen LogP contribution >= 0.6 is 0 Å². The number of carbonyl (C=O) groups excluding carboxylic acids is 2. The monoisotopic (exact) mass is 284 g/mol. The van der Waals surface area contributed by atoms with E-state index in [0.29, 0.717) is 25.2 Å². The second-order valence-corrected chi connectivity index (χ2v) is 10.3. The lowest BCUT2D eigenvalue weighted by molar-refractivity contribution is -0.139. The molecule has 0 aromatic rings. The second-order valence-electron chi connectivity index (χ2n) is 5.17. The molecular formula is C14H24O4Si. The molecule has 0 saturated heterocycles. The van der Waals surface area contributed by atoms with E-state index in [9.17, 15) is 9.59 Å². The molecule has 0 spiro atoms. The maximum Gasteiger partial charge on any atom is 0.333 e. The first-order valence-electron chi connectivity index (χ1n) is 6.45. The Balaban J connectivity index is 4.95. The Bertz CT molecular complexity index is 377. The predicted molar refractivity (Wildman–Crippen MR) is 78.5 cm³/mol. The number of rotatable bonds is 7. The van der Waals surface area contributed by atoms with Gasteiger partial charge in [-0.25, -0.2) is 9.59 Å². The van der Waals surface area contributed by atoms with E-state index in [1.54, 1.807) is 13.8 Å². The van der Waals surface area contributed by atoms with Crippen LogP contribution in [0.4, 0.5) is 0 Å². The third-order valence-corrected chi connectivity index (χ3v) is 4.76. The molecule has 0 aromatic carbocycles. The molecule has 0 amide bonds. The molecule has 4 nitrogen and oxygen atoms in total. The van der Waals surface area contributed by atoms with Gasteiger partial charge in [0, 0.05) is 11.6 Å². The zero-order chi connectivity index (χ0) is 15.1. The summed E-state index contributed by atoms with van der Waals surface area (Å²) in [6.45, 7) is 14.2. The zero-order valence-electron chi connectivity index (χ0n) is 12.5. The van der Waals surface area contributed by atoms with Crippen molar-refractivity contribution < 1.29 is 19.1 Å². The Labute approximate surface area is 116 Å². The predicted octanol–water partition coefficient (Wildman–Crippen LogP) is 2.86. The summed E-state index contributed by atoms with van der Waals surface area (Å²) < 4.78 is 9.82. The molecule has 0 N–H and O–H groups in total. The van der Waals surface area contributed by atoms with Crippen molar-refractivity contribution in [2.75, 3.05) is 13.2 Å². The van der Waals surface area contributed by atoms with Crippen LogP contribution in [0.3, 0.4) is 0 Å². The molecular weight excluding hydrogens is 260 g/mol. The van der Waals surface area contributed by atoms with Crippen LogP contribution < -0.4 is 0 Å². The van der Waals surface area contributed by atoms with Crippen molar-refractivity contribution in [2.45, 2.75) is 39.9 Å². The van der Waals surface area contributed by atoms with Crippen LogP contribution in [0.1, 0.15) is 20.3 Å². The average molecular weight is 284 g/mol. The van der Waals surface area contributed by atoms with Crippen LogP contribution in [0, 0.1) is 0 Å². The van der Waals surface area contributed by atoms with Gasteiger partial charge in [0.05, 0.1) is 21.3 Å². The van der Waals surface area contributed by atoms with Gasteiger partial charge < -0.3 is 9.47 Å². The van der Waals surface area contributed by atoms with Gasteiger partial charge in [0.15, 0.2) is 0 Å². The summed E-state index contributed by atoms with van der Waals surface area (Å²) >= 11 is 0. The van der Waals surface area contributed by atoms with Gasteiger partial charge >= 0.3 is 11.9 Å². The van der Waals surface area contributed by atoms with E-state index < -0.39 is 14.0 Å². The molecule has 19 heavy (non-hydrogen) atoms. The molecule has 5 heteroatoms. The number of hydrogen-bond acceptors (Lipinski definition) is 4. The van der Waals surface area contributed by atoms with Gasteiger partial charge in [0.1, 0.15) is 0 Å². The SMILES string of the molecule is C=C(C/C(=C\C(=O)OCC)[Si](C)(C)C)C(=O)OCC. The number of allylic oxidation sites excluding steroid dienone is 1. The fraction of sp³-hybridized carbons (Fsp3) is 0.571. The summed E-state index contributed by atoms with van der Waals surface area (Å²) in [7, 11) is -1.72. The summed E-state index contributed by atoms with van der Waals surface area (Å²) in [5.74, 6) is -0.771. The maximum atomic E-state index is 11.6. The van der Waals surface area contributed by atoms with Gasteiger partial charge in [-0.3, -0.25) is 0 Å². The fourth-order valence-electron chi connectivity index (χ4n) is 1.39. The van der Waals surface area contributed by atoms with Crippen LogP contribution in [0.25, 0.3) is 0 Å². The lowest BCUT2D eigenvalue weighted by Crippen LogP contribution is -2.26. The van der Waals surface area contributed by atoms with E-state index in [4.69, 9.17) is 9.47 Å². The summed E-state index contributed by atoms with van der Waals surface area (Å²) in [6.07, 6.45) is 1.87. The summed E-state index contributed by atoms with van der Waals surface area (Å²) in [5, 5.41) is 0.934. The number of ether oxygens (including phenoxy) is 2. The minimum atomic E-state index is -1.72. The van der Waals surface area contributed by atoms with Gasteiger partial charge in [-0.2, -0.15) is 0 Å². The molecule has 108 valence electrons. The Kier molecular flexibility index (Phi) is 7.37. The van der Waals surface area contributed by atoms with E-state index >= 15 is 0 Å². The number of hydrogen-bond donors (Lipinski definition) is 0. The minimum absolute atomic E-state index is 0.321. The van der Waals surface area contributed by atoms with Crippen LogP contribution in [-0.4, -0.2) is 33.2 Å². The van der Waals surface area contributed by atoms with Crippen molar-refractivity contribution in [1.29, 1.82) is 0 Å². The molecule has 0 unspecified atom stereocenters. The van der Waals surface area contributed by atoms with Crippen molar-refractivity contribution in [3.8, 4) is 0 Å². The standard InChI is InChI=1S/C14H24O4Si/c1-7-17-13(15)10-12(19(4,5)6)9-11(3)14(16)18-8-2/h10H,3,7-9H2,1-2,4-6H3/b12-10+. The molecule has 0 fully saturated rings. The van der Waals surface area contributed by atoms with Crippen molar-refractivity contribution in [1.82, 2.24) is 0 Å². The highest BCUT2D eigenvalue weighted by molar-refractivity contribution is 6.83. The lowest BCUT2D eigenvalue weighted by Gasteiger charge is -2.21. The van der Waals surface area contributed by atoms with Gasteiger partial charge in [-0.05, 0) is 20.3 Å². The Hall–Kier alpha value is -1.36. The van der Waals surface area contributed by atoms with Gasteiger partial charge in [0.25, 0.3) is 0 Å². The van der Waals surface area contributed by atoms with E-state index in [1.165, 1.54) is 6.08 Å². The van der Waals surface area contributed by atoms with Crippen molar-refractivity contribution in [3.05, 3.63) is 23.4 Å². The van der Waals surface area contributed by atoms with Crippen molar-refractivity contribution in [2.24, 2.45) is 0 Å². The van der Waals surface area contributed by atoms with E-state index in [-0.39, 0.29) is 5.97 Å². The largest absolute Gasteiger partial charge is 0.463 e. The Morgan fingerprint density at radius 2 is 1.63 bits per heavy atom. The van der Waals surface area contributed by atoms with Gasteiger partial charge in [-0.1, -0.05) is 31.4 Å². The highest BCUT2D eigenvalue weighted by Crippen LogP contribution is 2.22.